The lowest BCUT2D eigenvalue weighted by Crippen LogP contribution is -2.47. The minimum absolute atomic E-state index is 0.523. The van der Waals surface area contributed by atoms with Crippen molar-refractivity contribution in [3.8, 4) is 5.75 Å². The molecule has 0 saturated carbocycles. The van der Waals surface area contributed by atoms with Gasteiger partial charge in [0, 0.05) is 44.0 Å². The molecule has 1 aliphatic heterocycles. The molecule has 1 aromatic carbocycles. The Morgan fingerprint density at radius 2 is 1.81 bits per heavy atom. The van der Waals surface area contributed by atoms with Crippen molar-refractivity contribution in [2.45, 2.75) is 26.9 Å². The zero-order chi connectivity index (χ0) is 15.4. The largest absolute Gasteiger partial charge is 0.496 e. The van der Waals surface area contributed by atoms with Gasteiger partial charge in [-0.25, -0.2) is 0 Å². The number of hydrogen-bond donors (Lipinski definition) is 1. The lowest BCUT2D eigenvalue weighted by molar-refractivity contribution is 0.193. The minimum Gasteiger partial charge on any atom is -0.496 e. The molecule has 4 heteroatoms. The van der Waals surface area contributed by atoms with Gasteiger partial charge < -0.3 is 14.7 Å². The Kier molecular flexibility index (Phi) is 5.48. The number of aliphatic hydroxyl groups excluding tert-OH is 1. The first kappa shape index (κ1) is 16.1. The van der Waals surface area contributed by atoms with Crippen LogP contribution in [-0.4, -0.2) is 49.8 Å². The standard InChI is InChI=1S/C17H28N2O2/c1-13(2)12-18-8-10-19(11-9-18)15-6-5-7-16(21-4)17(15)14(3)20/h5-7,13-14,20H,8-12H2,1-4H3/t14-/m0/s1. The second-order valence-electron chi connectivity index (χ2n) is 6.25. The van der Waals surface area contributed by atoms with Crippen molar-refractivity contribution >= 4 is 5.69 Å². The van der Waals surface area contributed by atoms with E-state index in [0.29, 0.717) is 5.92 Å². The second kappa shape index (κ2) is 7.14. The molecule has 1 saturated heterocycles. The van der Waals surface area contributed by atoms with E-state index in [0.717, 1.165) is 49.7 Å². The van der Waals surface area contributed by atoms with Crippen LogP contribution >= 0.6 is 0 Å². The van der Waals surface area contributed by atoms with Gasteiger partial charge >= 0.3 is 0 Å². The number of ether oxygens (including phenoxy) is 1. The van der Waals surface area contributed by atoms with Crippen molar-refractivity contribution < 1.29 is 9.84 Å². The first-order valence-electron chi connectivity index (χ1n) is 7.85. The van der Waals surface area contributed by atoms with E-state index in [1.807, 2.05) is 12.1 Å². The molecule has 1 heterocycles. The van der Waals surface area contributed by atoms with Gasteiger partial charge in [-0.1, -0.05) is 19.9 Å². The summed E-state index contributed by atoms with van der Waals surface area (Å²) in [6.07, 6.45) is -0.523. The van der Waals surface area contributed by atoms with Gasteiger partial charge in [0.05, 0.1) is 13.2 Å². The summed E-state index contributed by atoms with van der Waals surface area (Å²) in [6, 6.07) is 6.00. The van der Waals surface area contributed by atoms with E-state index in [1.165, 1.54) is 0 Å². The number of hydrogen-bond acceptors (Lipinski definition) is 4. The third-order valence-electron chi connectivity index (χ3n) is 4.02. The monoisotopic (exact) mass is 292 g/mol. The molecule has 0 aromatic heterocycles. The fourth-order valence-electron chi connectivity index (χ4n) is 3.09. The van der Waals surface area contributed by atoms with E-state index < -0.39 is 6.10 Å². The molecule has 1 atom stereocenters. The Hall–Kier alpha value is -1.26. The molecule has 0 unspecified atom stereocenters. The van der Waals surface area contributed by atoms with E-state index in [-0.39, 0.29) is 0 Å². The van der Waals surface area contributed by atoms with Crippen LogP contribution < -0.4 is 9.64 Å². The van der Waals surface area contributed by atoms with Crippen LogP contribution in [-0.2, 0) is 0 Å². The molecular weight excluding hydrogens is 264 g/mol. The maximum Gasteiger partial charge on any atom is 0.126 e. The Morgan fingerprint density at radius 1 is 1.14 bits per heavy atom. The van der Waals surface area contributed by atoms with Crippen LogP contribution in [0.3, 0.4) is 0 Å². The highest BCUT2D eigenvalue weighted by Gasteiger charge is 2.22. The number of piperazine rings is 1. The van der Waals surface area contributed by atoms with E-state index in [1.54, 1.807) is 14.0 Å². The zero-order valence-electron chi connectivity index (χ0n) is 13.7. The summed E-state index contributed by atoms with van der Waals surface area (Å²) < 4.78 is 5.41. The number of methoxy groups -OCH3 is 1. The van der Waals surface area contributed by atoms with Gasteiger partial charge in [-0.3, -0.25) is 4.90 Å². The smallest absolute Gasteiger partial charge is 0.126 e. The summed E-state index contributed by atoms with van der Waals surface area (Å²) >= 11 is 0. The van der Waals surface area contributed by atoms with Crippen molar-refractivity contribution in [1.82, 2.24) is 4.90 Å². The third-order valence-corrected chi connectivity index (χ3v) is 4.02. The molecule has 0 bridgehead atoms. The van der Waals surface area contributed by atoms with Gasteiger partial charge in [-0.05, 0) is 25.0 Å². The van der Waals surface area contributed by atoms with Crippen LogP contribution in [0.25, 0.3) is 0 Å². The SMILES string of the molecule is COc1cccc(N2CCN(CC(C)C)CC2)c1[C@H](C)O. The molecule has 2 rings (SSSR count). The summed E-state index contributed by atoms with van der Waals surface area (Å²) in [5.41, 5.74) is 2.01. The van der Waals surface area contributed by atoms with Crippen molar-refractivity contribution in [3.63, 3.8) is 0 Å². The highest BCUT2D eigenvalue weighted by atomic mass is 16.5. The maximum atomic E-state index is 10.1. The normalized spacial score (nSPS) is 18.1. The summed E-state index contributed by atoms with van der Waals surface area (Å²) in [7, 11) is 1.66. The molecule has 1 N–H and O–H groups in total. The predicted molar refractivity (Wildman–Crippen MR) is 87.1 cm³/mol. The average Bonchev–Trinajstić information content (AvgIpc) is 2.46. The maximum absolute atomic E-state index is 10.1. The quantitative estimate of drug-likeness (QED) is 0.904. The fraction of sp³-hybridized carbons (Fsp3) is 0.647. The van der Waals surface area contributed by atoms with Gasteiger partial charge in [-0.15, -0.1) is 0 Å². The second-order valence-corrected chi connectivity index (χ2v) is 6.25. The highest BCUT2D eigenvalue weighted by molar-refractivity contribution is 5.60. The van der Waals surface area contributed by atoms with Gasteiger partial charge in [0.15, 0.2) is 0 Å². The molecule has 1 aliphatic rings. The van der Waals surface area contributed by atoms with Crippen LogP contribution in [0.15, 0.2) is 18.2 Å². The van der Waals surface area contributed by atoms with Crippen LogP contribution in [0.5, 0.6) is 5.75 Å². The Balaban J connectivity index is 2.13. The molecule has 4 nitrogen and oxygen atoms in total. The van der Waals surface area contributed by atoms with Gasteiger partial charge in [-0.2, -0.15) is 0 Å². The Bertz CT molecular complexity index is 452. The lowest BCUT2D eigenvalue weighted by atomic mass is 10.0. The Labute approximate surface area is 128 Å². The van der Waals surface area contributed by atoms with Crippen LogP contribution in [0.4, 0.5) is 5.69 Å². The lowest BCUT2D eigenvalue weighted by Gasteiger charge is -2.38. The fourth-order valence-corrected chi connectivity index (χ4v) is 3.09. The number of benzene rings is 1. The zero-order valence-corrected chi connectivity index (χ0v) is 13.7. The summed E-state index contributed by atoms with van der Waals surface area (Å²) in [5.74, 6) is 1.48. The molecule has 118 valence electrons. The Morgan fingerprint density at radius 3 is 2.33 bits per heavy atom. The van der Waals surface area contributed by atoms with E-state index >= 15 is 0 Å². The van der Waals surface area contributed by atoms with Crippen molar-refractivity contribution in [1.29, 1.82) is 0 Å². The van der Waals surface area contributed by atoms with Crippen molar-refractivity contribution in [2.24, 2.45) is 5.92 Å². The highest BCUT2D eigenvalue weighted by Crippen LogP contribution is 2.35. The topological polar surface area (TPSA) is 35.9 Å². The van der Waals surface area contributed by atoms with Crippen molar-refractivity contribution in [2.75, 3.05) is 44.7 Å². The average molecular weight is 292 g/mol. The molecule has 0 spiro atoms. The summed E-state index contributed by atoms with van der Waals surface area (Å²) in [5, 5.41) is 10.1. The summed E-state index contributed by atoms with van der Waals surface area (Å²) in [6.45, 7) is 11.6. The van der Waals surface area contributed by atoms with Crippen LogP contribution in [0.2, 0.25) is 0 Å². The molecule has 21 heavy (non-hydrogen) atoms. The van der Waals surface area contributed by atoms with Gasteiger partial charge in [0.25, 0.3) is 0 Å². The molecular formula is C17H28N2O2. The van der Waals surface area contributed by atoms with Crippen LogP contribution in [0, 0.1) is 5.92 Å². The molecule has 0 aliphatic carbocycles. The van der Waals surface area contributed by atoms with E-state index in [2.05, 4.69) is 29.7 Å². The van der Waals surface area contributed by atoms with Gasteiger partial charge in [0.1, 0.15) is 5.75 Å². The van der Waals surface area contributed by atoms with Crippen LogP contribution in [0.1, 0.15) is 32.4 Å². The number of rotatable bonds is 5. The summed E-state index contributed by atoms with van der Waals surface area (Å²) in [4.78, 5) is 4.88. The molecule has 0 amide bonds. The number of anilines is 1. The number of nitrogens with zero attached hydrogens (tertiary/aromatic N) is 2. The van der Waals surface area contributed by atoms with E-state index in [4.69, 9.17) is 4.74 Å². The molecule has 0 radical (unpaired) electrons. The van der Waals surface area contributed by atoms with Gasteiger partial charge in [0.2, 0.25) is 0 Å². The van der Waals surface area contributed by atoms with Crippen molar-refractivity contribution in [3.05, 3.63) is 23.8 Å². The first-order valence-corrected chi connectivity index (χ1v) is 7.85. The number of aliphatic hydroxyl groups is 1. The molecule has 1 fully saturated rings. The van der Waals surface area contributed by atoms with E-state index in [9.17, 15) is 5.11 Å². The third kappa shape index (κ3) is 3.89. The predicted octanol–water partition coefficient (Wildman–Crippen LogP) is 2.53. The first-order chi connectivity index (χ1) is 10.0. The minimum atomic E-state index is -0.523. The molecule has 1 aromatic rings.